The zero-order valence-corrected chi connectivity index (χ0v) is 14.7. The summed E-state index contributed by atoms with van der Waals surface area (Å²) >= 11 is 0. The number of benzene rings is 1. The summed E-state index contributed by atoms with van der Waals surface area (Å²) in [5.41, 5.74) is 2.93. The van der Waals surface area contributed by atoms with Gasteiger partial charge in [-0.2, -0.15) is 0 Å². The summed E-state index contributed by atoms with van der Waals surface area (Å²) in [5, 5.41) is 3.66. The summed E-state index contributed by atoms with van der Waals surface area (Å²) in [4.78, 5) is 0. The van der Waals surface area contributed by atoms with Crippen LogP contribution in [-0.4, -0.2) is 27.3 Å². The zero-order valence-electron chi connectivity index (χ0n) is 14.7. The Balaban J connectivity index is 1.87. The molecule has 3 nitrogen and oxygen atoms in total. The van der Waals surface area contributed by atoms with E-state index in [1.165, 1.54) is 24.0 Å². The fourth-order valence-corrected chi connectivity index (χ4v) is 5.32. The van der Waals surface area contributed by atoms with Crippen LogP contribution in [0.25, 0.3) is 0 Å². The maximum Gasteiger partial charge on any atom is 0.122 e. The standard InChI is InChI=1S/C21H27NO2/c1-23-18-9-6-11-21-14-22-12-10-17(21)16(13-19(24-2)20(18)21)15-7-4-3-5-8-15/h3-5,7-9,16-17,22H,6,10-14H2,1-2H3. The molecule has 0 aromatic heterocycles. The van der Waals surface area contributed by atoms with Gasteiger partial charge in [-0.1, -0.05) is 30.3 Å². The molecule has 1 fully saturated rings. The van der Waals surface area contributed by atoms with E-state index in [9.17, 15) is 0 Å². The molecule has 3 aliphatic rings. The Kier molecular flexibility index (Phi) is 4.13. The highest BCUT2D eigenvalue weighted by Gasteiger charge is 2.53. The Morgan fingerprint density at radius 2 is 1.96 bits per heavy atom. The smallest absolute Gasteiger partial charge is 0.122 e. The van der Waals surface area contributed by atoms with E-state index < -0.39 is 0 Å². The second-order valence-electron chi connectivity index (χ2n) is 7.26. The van der Waals surface area contributed by atoms with Crippen molar-refractivity contribution in [1.82, 2.24) is 5.32 Å². The first kappa shape index (κ1) is 15.8. The predicted octanol–water partition coefficient (Wildman–Crippen LogP) is 3.99. The maximum absolute atomic E-state index is 5.92. The van der Waals surface area contributed by atoms with Gasteiger partial charge >= 0.3 is 0 Å². The van der Waals surface area contributed by atoms with Crippen molar-refractivity contribution >= 4 is 0 Å². The molecule has 1 saturated heterocycles. The van der Waals surface area contributed by atoms with E-state index in [2.05, 4.69) is 41.7 Å². The van der Waals surface area contributed by atoms with E-state index >= 15 is 0 Å². The molecule has 3 heteroatoms. The Labute approximate surface area is 144 Å². The average molecular weight is 325 g/mol. The lowest BCUT2D eigenvalue weighted by atomic mass is 9.53. The molecule has 3 atom stereocenters. The Bertz CT molecular complexity index is 664. The molecule has 1 spiro atoms. The Hall–Kier alpha value is -1.74. The number of ether oxygens (including phenoxy) is 2. The third-order valence-corrected chi connectivity index (χ3v) is 6.31. The van der Waals surface area contributed by atoms with Gasteiger partial charge in [0.15, 0.2) is 0 Å². The van der Waals surface area contributed by atoms with Crippen LogP contribution in [0.5, 0.6) is 0 Å². The molecule has 1 N–H and O–H groups in total. The minimum atomic E-state index is 0.141. The van der Waals surface area contributed by atoms with Crippen molar-refractivity contribution in [2.45, 2.75) is 31.6 Å². The van der Waals surface area contributed by atoms with Gasteiger partial charge in [0, 0.05) is 24.0 Å². The fourth-order valence-electron chi connectivity index (χ4n) is 5.32. The number of allylic oxidation sites excluding steroid dienone is 3. The summed E-state index contributed by atoms with van der Waals surface area (Å²) in [6.45, 7) is 2.14. The van der Waals surface area contributed by atoms with Crippen molar-refractivity contribution in [2.75, 3.05) is 27.3 Å². The van der Waals surface area contributed by atoms with E-state index in [4.69, 9.17) is 9.47 Å². The van der Waals surface area contributed by atoms with Crippen LogP contribution in [0, 0.1) is 11.3 Å². The van der Waals surface area contributed by atoms with E-state index in [0.29, 0.717) is 11.8 Å². The highest BCUT2D eigenvalue weighted by molar-refractivity contribution is 5.44. The van der Waals surface area contributed by atoms with E-state index in [-0.39, 0.29) is 5.41 Å². The van der Waals surface area contributed by atoms with Gasteiger partial charge in [0.05, 0.1) is 14.2 Å². The van der Waals surface area contributed by atoms with Gasteiger partial charge in [-0.25, -0.2) is 0 Å². The molecule has 0 amide bonds. The molecule has 1 aliphatic heterocycles. The molecule has 24 heavy (non-hydrogen) atoms. The number of nitrogens with one attached hydrogen (secondary N) is 1. The van der Waals surface area contributed by atoms with Crippen molar-refractivity contribution in [1.29, 1.82) is 0 Å². The SMILES string of the molecule is COC1=CCCC23CNCCC2C(c2ccccc2)CC(OC)=C13. The minimum absolute atomic E-state index is 0.141. The number of rotatable bonds is 3. The third kappa shape index (κ3) is 2.29. The molecule has 0 bridgehead atoms. The molecule has 0 radical (unpaired) electrons. The molecular formula is C21H27NO2. The largest absolute Gasteiger partial charge is 0.501 e. The first-order valence-corrected chi connectivity index (χ1v) is 9.08. The molecule has 4 rings (SSSR count). The number of hydrogen-bond acceptors (Lipinski definition) is 3. The summed E-state index contributed by atoms with van der Waals surface area (Å²) in [6, 6.07) is 11.0. The van der Waals surface area contributed by atoms with Crippen LogP contribution in [0.1, 0.15) is 37.2 Å². The van der Waals surface area contributed by atoms with Crippen molar-refractivity contribution < 1.29 is 9.47 Å². The Morgan fingerprint density at radius 1 is 1.12 bits per heavy atom. The van der Waals surface area contributed by atoms with Gasteiger partial charge in [0.25, 0.3) is 0 Å². The van der Waals surface area contributed by atoms with Gasteiger partial charge in [0.2, 0.25) is 0 Å². The lowest BCUT2D eigenvalue weighted by molar-refractivity contribution is 0.0654. The van der Waals surface area contributed by atoms with Gasteiger partial charge in [-0.3, -0.25) is 0 Å². The van der Waals surface area contributed by atoms with Crippen LogP contribution >= 0.6 is 0 Å². The summed E-state index contributed by atoms with van der Waals surface area (Å²) in [5.74, 6) is 3.34. The van der Waals surface area contributed by atoms with Crippen molar-refractivity contribution in [3.8, 4) is 0 Å². The van der Waals surface area contributed by atoms with Crippen LogP contribution in [0.2, 0.25) is 0 Å². The monoisotopic (exact) mass is 325 g/mol. The van der Waals surface area contributed by atoms with Crippen LogP contribution in [0.15, 0.2) is 53.5 Å². The Morgan fingerprint density at radius 3 is 2.71 bits per heavy atom. The summed E-state index contributed by atoms with van der Waals surface area (Å²) in [6.07, 6.45) is 6.71. The molecule has 2 aliphatic carbocycles. The van der Waals surface area contributed by atoms with Crippen LogP contribution in [0.3, 0.4) is 0 Å². The van der Waals surface area contributed by atoms with Crippen molar-refractivity contribution in [3.05, 3.63) is 59.1 Å². The molecule has 3 unspecified atom stereocenters. The second kappa shape index (κ2) is 6.29. The van der Waals surface area contributed by atoms with Crippen molar-refractivity contribution in [3.63, 3.8) is 0 Å². The van der Waals surface area contributed by atoms with E-state index in [1.807, 2.05) is 7.11 Å². The molecule has 1 heterocycles. The number of methoxy groups -OCH3 is 2. The molecule has 128 valence electrons. The van der Waals surface area contributed by atoms with E-state index in [1.54, 1.807) is 7.11 Å². The van der Waals surface area contributed by atoms with Gasteiger partial charge in [0.1, 0.15) is 11.5 Å². The zero-order chi connectivity index (χ0) is 16.6. The number of piperidine rings is 1. The lowest BCUT2D eigenvalue weighted by Gasteiger charge is -2.54. The molecule has 1 aromatic carbocycles. The van der Waals surface area contributed by atoms with Crippen LogP contribution in [-0.2, 0) is 9.47 Å². The maximum atomic E-state index is 5.92. The second-order valence-corrected chi connectivity index (χ2v) is 7.26. The lowest BCUT2D eigenvalue weighted by Crippen LogP contribution is -2.53. The normalized spacial score (nSPS) is 32.5. The highest BCUT2D eigenvalue weighted by Crippen LogP contribution is 2.59. The topological polar surface area (TPSA) is 30.5 Å². The van der Waals surface area contributed by atoms with Crippen molar-refractivity contribution in [2.24, 2.45) is 11.3 Å². The van der Waals surface area contributed by atoms with Gasteiger partial charge < -0.3 is 14.8 Å². The molecule has 1 aromatic rings. The summed E-state index contributed by atoms with van der Waals surface area (Å²) in [7, 11) is 3.61. The van der Waals surface area contributed by atoms with Crippen LogP contribution in [0.4, 0.5) is 0 Å². The molecule has 0 saturated carbocycles. The fraction of sp³-hybridized carbons (Fsp3) is 0.524. The van der Waals surface area contributed by atoms with E-state index in [0.717, 1.165) is 37.4 Å². The van der Waals surface area contributed by atoms with Crippen LogP contribution < -0.4 is 5.32 Å². The van der Waals surface area contributed by atoms with Gasteiger partial charge in [-0.05, 0) is 49.3 Å². The quantitative estimate of drug-likeness (QED) is 0.911. The first-order chi connectivity index (χ1) is 11.8. The first-order valence-electron chi connectivity index (χ1n) is 9.08. The summed E-state index contributed by atoms with van der Waals surface area (Å²) < 4.78 is 11.7. The minimum Gasteiger partial charge on any atom is -0.501 e. The predicted molar refractivity (Wildman–Crippen MR) is 95.6 cm³/mol. The number of hydrogen-bond donors (Lipinski definition) is 1. The molecular weight excluding hydrogens is 298 g/mol. The highest BCUT2D eigenvalue weighted by atomic mass is 16.5. The third-order valence-electron chi connectivity index (χ3n) is 6.31. The average Bonchev–Trinajstić information content (AvgIpc) is 2.66. The van der Waals surface area contributed by atoms with Gasteiger partial charge in [-0.15, -0.1) is 0 Å².